The molecule has 2 aromatic rings. The molecule has 0 aliphatic carbocycles. The fourth-order valence-corrected chi connectivity index (χ4v) is 2.50. The number of hydrogen-bond donors (Lipinski definition) is 1. The monoisotopic (exact) mass is 263 g/mol. The number of hydrogen-bond acceptors (Lipinski definition) is 4. The second kappa shape index (κ2) is 5.89. The standard InChI is InChI=1S/C14H17NO2S/c1-3-17-13-8-10(4-5-12(13)16-2)14(15)11-6-7-18-9-11/h4-9,14H,3,15H2,1-2H3/t14-/m0/s1. The minimum absolute atomic E-state index is 0.124. The molecular formula is C14H17NO2S. The fourth-order valence-electron chi connectivity index (χ4n) is 1.80. The Morgan fingerprint density at radius 1 is 1.22 bits per heavy atom. The van der Waals surface area contributed by atoms with Crippen LogP contribution in [0.4, 0.5) is 0 Å². The van der Waals surface area contributed by atoms with E-state index in [-0.39, 0.29) is 6.04 Å². The van der Waals surface area contributed by atoms with Gasteiger partial charge >= 0.3 is 0 Å². The Hall–Kier alpha value is -1.52. The van der Waals surface area contributed by atoms with E-state index in [9.17, 15) is 0 Å². The van der Waals surface area contributed by atoms with Crippen LogP contribution >= 0.6 is 11.3 Å². The van der Waals surface area contributed by atoms with Crippen molar-refractivity contribution in [2.75, 3.05) is 13.7 Å². The maximum atomic E-state index is 6.23. The molecule has 0 saturated carbocycles. The zero-order chi connectivity index (χ0) is 13.0. The molecule has 3 nitrogen and oxygen atoms in total. The highest BCUT2D eigenvalue weighted by atomic mass is 32.1. The van der Waals surface area contributed by atoms with Gasteiger partial charge in [0.1, 0.15) is 0 Å². The van der Waals surface area contributed by atoms with Crippen LogP contribution in [0, 0.1) is 0 Å². The first-order valence-corrected chi connectivity index (χ1v) is 6.79. The van der Waals surface area contributed by atoms with Gasteiger partial charge < -0.3 is 15.2 Å². The summed E-state index contributed by atoms with van der Waals surface area (Å²) >= 11 is 1.65. The van der Waals surface area contributed by atoms with E-state index >= 15 is 0 Å². The van der Waals surface area contributed by atoms with Gasteiger partial charge in [0.2, 0.25) is 0 Å². The topological polar surface area (TPSA) is 44.5 Å². The van der Waals surface area contributed by atoms with E-state index in [1.54, 1.807) is 18.4 Å². The van der Waals surface area contributed by atoms with E-state index in [4.69, 9.17) is 15.2 Å². The van der Waals surface area contributed by atoms with Gasteiger partial charge in [-0.05, 0) is 47.0 Å². The molecule has 1 aromatic carbocycles. The van der Waals surface area contributed by atoms with Crippen LogP contribution in [-0.2, 0) is 0 Å². The third-order valence-corrected chi connectivity index (χ3v) is 3.45. The molecule has 0 aliphatic heterocycles. The van der Waals surface area contributed by atoms with Crippen molar-refractivity contribution in [3.05, 3.63) is 46.2 Å². The van der Waals surface area contributed by atoms with Crippen LogP contribution in [-0.4, -0.2) is 13.7 Å². The van der Waals surface area contributed by atoms with Crippen LogP contribution in [0.1, 0.15) is 24.1 Å². The van der Waals surface area contributed by atoms with Crippen LogP contribution in [0.2, 0.25) is 0 Å². The molecule has 0 aliphatic rings. The van der Waals surface area contributed by atoms with Crippen molar-refractivity contribution >= 4 is 11.3 Å². The minimum atomic E-state index is -0.124. The first-order chi connectivity index (χ1) is 8.76. The highest BCUT2D eigenvalue weighted by molar-refractivity contribution is 7.08. The van der Waals surface area contributed by atoms with E-state index in [0.29, 0.717) is 6.61 Å². The summed E-state index contributed by atoms with van der Waals surface area (Å²) in [6.07, 6.45) is 0. The van der Waals surface area contributed by atoms with Crippen LogP contribution in [0.25, 0.3) is 0 Å². The summed E-state index contributed by atoms with van der Waals surface area (Å²) in [5.74, 6) is 1.47. The second-order valence-corrected chi connectivity index (χ2v) is 4.66. The number of thiophene rings is 1. The smallest absolute Gasteiger partial charge is 0.161 e. The van der Waals surface area contributed by atoms with Crippen LogP contribution in [0.5, 0.6) is 11.5 Å². The average molecular weight is 263 g/mol. The number of nitrogens with two attached hydrogens (primary N) is 1. The summed E-state index contributed by atoms with van der Waals surface area (Å²) in [5, 5.41) is 4.09. The average Bonchev–Trinajstić information content (AvgIpc) is 2.92. The first-order valence-electron chi connectivity index (χ1n) is 5.84. The maximum Gasteiger partial charge on any atom is 0.161 e. The highest BCUT2D eigenvalue weighted by Crippen LogP contribution is 2.32. The van der Waals surface area contributed by atoms with Gasteiger partial charge in [0, 0.05) is 0 Å². The molecule has 1 atom stereocenters. The Bertz CT molecular complexity index is 497. The van der Waals surface area contributed by atoms with Gasteiger partial charge in [-0.2, -0.15) is 11.3 Å². The molecule has 96 valence electrons. The molecule has 2 rings (SSSR count). The van der Waals surface area contributed by atoms with E-state index in [2.05, 4.69) is 5.38 Å². The third-order valence-electron chi connectivity index (χ3n) is 2.75. The lowest BCUT2D eigenvalue weighted by Crippen LogP contribution is -2.11. The maximum absolute atomic E-state index is 6.23. The Labute approximate surface area is 111 Å². The minimum Gasteiger partial charge on any atom is -0.493 e. The molecule has 1 aromatic heterocycles. The van der Waals surface area contributed by atoms with E-state index in [0.717, 1.165) is 22.6 Å². The van der Waals surface area contributed by atoms with Gasteiger partial charge in [-0.1, -0.05) is 6.07 Å². The van der Waals surface area contributed by atoms with E-state index in [1.165, 1.54) is 0 Å². The Balaban J connectivity index is 2.31. The van der Waals surface area contributed by atoms with Crippen molar-refractivity contribution in [2.24, 2.45) is 5.73 Å². The number of methoxy groups -OCH3 is 1. The molecule has 0 amide bonds. The molecule has 0 fully saturated rings. The van der Waals surface area contributed by atoms with Crippen molar-refractivity contribution in [3.63, 3.8) is 0 Å². The molecule has 0 saturated heterocycles. The number of ether oxygens (including phenoxy) is 2. The summed E-state index contributed by atoms with van der Waals surface area (Å²) in [4.78, 5) is 0. The molecule has 1 heterocycles. The molecule has 0 bridgehead atoms. The lowest BCUT2D eigenvalue weighted by atomic mass is 10.0. The summed E-state index contributed by atoms with van der Waals surface area (Å²) in [5.41, 5.74) is 8.37. The summed E-state index contributed by atoms with van der Waals surface area (Å²) in [6, 6.07) is 7.74. The molecule has 0 radical (unpaired) electrons. The van der Waals surface area contributed by atoms with Gasteiger partial charge in [-0.3, -0.25) is 0 Å². The van der Waals surface area contributed by atoms with Crippen LogP contribution in [0.15, 0.2) is 35.0 Å². The Kier molecular flexibility index (Phi) is 4.23. The van der Waals surface area contributed by atoms with Crippen molar-refractivity contribution < 1.29 is 9.47 Å². The summed E-state index contributed by atoms with van der Waals surface area (Å²) < 4.78 is 10.8. The molecule has 0 unspecified atom stereocenters. The molecule has 0 spiro atoms. The lowest BCUT2D eigenvalue weighted by molar-refractivity contribution is 0.310. The number of benzene rings is 1. The predicted octanol–water partition coefficient (Wildman–Crippen LogP) is 3.20. The van der Waals surface area contributed by atoms with Gasteiger partial charge in [-0.25, -0.2) is 0 Å². The second-order valence-electron chi connectivity index (χ2n) is 3.88. The zero-order valence-electron chi connectivity index (χ0n) is 10.6. The first kappa shape index (κ1) is 12.9. The molecule has 2 N–H and O–H groups in total. The van der Waals surface area contributed by atoms with E-state index < -0.39 is 0 Å². The molecule has 18 heavy (non-hydrogen) atoms. The Morgan fingerprint density at radius 3 is 2.67 bits per heavy atom. The largest absolute Gasteiger partial charge is 0.493 e. The third kappa shape index (κ3) is 2.66. The lowest BCUT2D eigenvalue weighted by Gasteiger charge is -2.14. The predicted molar refractivity (Wildman–Crippen MR) is 74.5 cm³/mol. The Morgan fingerprint density at radius 2 is 2.06 bits per heavy atom. The summed E-state index contributed by atoms with van der Waals surface area (Å²) in [7, 11) is 1.64. The number of rotatable bonds is 5. The van der Waals surface area contributed by atoms with E-state index in [1.807, 2.05) is 36.6 Å². The summed E-state index contributed by atoms with van der Waals surface area (Å²) in [6.45, 7) is 2.55. The fraction of sp³-hybridized carbons (Fsp3) is 0.286. The highest BCUT2D eigenvalue weighted by Gasteiger charge is 2.12. The van der Waals surface area contributed by atoms with Crippen LogP contribution in [0.3, 0.4) is 0 Å². The van der Waals surface area contributed by atoms with Crippen molar-refractivity contribution in [1.29, 1.82) is 0 Å². The van der Waals surface area contributed by atoms with Crippen molar-refractivity contribution in [3.8, 4) is 11.5 Å². The van der Waals surface area contributed by atoms with Gasteiger partial charge in [-0.15, -0.1) is 0 Å². The normalized spacial score (nSPS) is 12.2. The molecular weight excluding hydrogens is 246 g/mol. The van der Waals surface area contributed by atoms with Crippen molar-refractivity contribution in [2.45, 2.75) is 13.0 Å². The molecule has 4 heteroatoms. The zero-order valence-corrected chi connectivity index (χ0v) is 11.4. The van der Waals surface area contributed by atoms with Gasteiger partial charge in [0.15, 0.2) is 11.5 Å². The van der Waals surface area contributed by atoms with Gasteiger partial charge in [0.25, 0.3) is 0 Å². The van der Waals surface area contributed by atoms with Crippen molar-refractivity contribution in [1.82, 2.24) is 0 Å². The van der Waals surface area contributed by atoms with Gasteiger partial charge in [0.05, 0.1) is 19.8 Å². The SMILES string of the molecule is CCOc1cc([C@H](N)c2ccsc2)ccc1OC. The quantitative estimate of drug-likeness (QED) is 0.901. The van der Waals surface area contributed by atoms with Crippen LogP contribution < -0.4 is 15.2 Å².